The van der Waals surface area contributed by atoms with Gasteiger partial charge in [0, 0.05) is 11.5 Å². The molecule has 0 atom stereocenters. The summed E-state index contributed by atoms with van der Waals surface area (Å²) in [4.78, 5) is 8.71. The Morgan fingerprint density at radius 3 is 2.35 bits per heavy atom. The van der Waals surface area contributed by atoms with Crippen LogP contribution in [0.3, 0.4) is 0 Å². The number of nitrogen functional groups attached to an aromatic ring is 1. The van der Waals surface area contributed by atoms with Crippen molar-refractivity contribution in [3.63, 3.8) is 0 Å². The van der Waals surface area contributed by atoms with Crippen LogP contribution >= 0.6 is 0 Å². The lowest BCUT2D eigenvalue weighted by Crippen LogP contribution is -2.17. The van der Waals surface area contributed by atoms with Gasteiger partial charge in [-0.05, 0) is 6.42 Å². The fraction of sp³-hybridized carbons (Fsp3) is 0.750. The second-order valence-electron chi connectivity index (χ2n) is 6.32. The molecule has 20 heavy (non-hydrogen) atoms. The van der Waals surface area contributed by atoms with E-state index in [1.165, 1.54) is 32.1 Å². The highest BCUT2D eigenvalue weighted by molar-refractivity contribution is 5.34. The molecule has 0 aliphatic heterocycles. The van der Waals surface area contributed by atoms with Crippen LogP contribution in [-0.4, -0.2) is 16.6 Å². The molecule has 0 bridgehead atoms. The topological polar surface area (TPSA) is 61.0 Å². The first-order valence-electron chi connectivity index (χ1n) is 7.71. The van der Waals surface area contributed by atoms with Crippen LogP contribution < -0.4 is 10.5 Å². The predicted octanol–water partition coefficient (Wildman–Crippen LogP) is 4.10. The normalized spacial score (nSPS) is 11.6. The van der Waals surface area contributed by atoms with Gasteiger partial charge in [-0.3, -0.25) is 0 Å². The Morgan fingerprint density at radius 1 is 1.05 bits per heavy atom. The summed E-state index contributed by atoms with van der Waals surface area (Å²) in [7, 11) is 0. The maximum absolute atomic E-state index is 5.81. The molecule has 2 N–H and O–H groups in total. The molecular formula is C16H29N3O. The lowest BCUT2D eigenvalue weighted by molar-refractivity contribution is 0.290. The first kappa shape index (κ1) is 16.7. The Hall–Kier alpha value is -1.32. The third kappa shape index (κ3) is 6.22. The molecule has 1 heterocycles. The fourth-order valence-corrected chi connectivity index (χ4v) is 1.91. The van der Waals surface area contributed by atoms with Crippen LogP contribution in [0.5, 0.6) is 5.88 Å². The minimum Gasteiger partial charge on any atom is -0.478 e. The number of anilines is 1. The van der Waals surface area contributed by atoms with Gasteiger partial charge in [0.25, 0.3) is 0 Å². The van der Waals surface area contributed by atoms with Crippen molar-refractivity contribution in [2.24, 2.45) is 0 Å². The Labute approximate surface area is 123 Å². The monoisotopic (exact) mass is 279 g/mol. The minimum absolute atomic E-state index is 0.117. The first-order chi connectivity index (χ1) is 9.43. The van der Waals surface area contributed by atoms with Crippen LogP contribution in [-0.2, 0) is 5.41 Å². The zero-order valence-corrected chi connectivity index (χ0v) is 13.4. The summed E-state index contributed by atoms with van der Waals surface area (Å²) >= 11 is 0. The van der Waals surface area contributed by atoms with Gasteiger partial charge in [-0.25, -0.2) is 4.98 Å². The number of ether oxygens (including phenoxy) is 1. The van der Waals surface area contributed by atoms with Gasteiger partial charge in [-0.15, -0.1) is 0 Å². The average molecular weight is 279 g/mol. The predicted molar refractivity (Wildman–Crippen MR) is 84.0 cm³/mol. The Bertz CT molecular complexity index is 399. The van der Waals surface area contributed by atoms with E-state index in [-0.39, 0.29) is 5.41 Å². The number of aromatic nitrogens is 2. The average Bonchev–Trinajstić information content (AvgIpc) is 2.36. The number of hydrogen-bond donors (Lipinski definition) is 1. The van der Waals surface area contributed by atoms with E-state index in [2.05, 4.69) is 37.7 Å². The van der Waals surface area contributed by atoms with Crippen molar-refractivity contribution in [2.75, 3.05) is 12.3 Å². The molecule has 0 aromatic carbocycles. The second-order valence-corrected chi connectivity index (χ2v) is 6.32. The molecule has 1 aromatic heterocycles. The molecule has 0 spiro atoms. The quantitative estimate of drug-likeness (QED) is 0.728. The summed E-state index contributed by atoms with van der Waals surface area (Å²) in [6, 6.07) is 1.70. The van der Waals surface area contributed by atoms with Crippen LogP contribution in [0.15, 0.2) is 6.07 Å². The molecule has 114 valence electrons. The summed E-state index contributed by atoms with van der Waals surface area (Å²) in [6.45, 7) is 9.14. The molecule has 4 heteroatoms. The highest BCUT2D eigenvalue weighted by Crippen LogP contribution is 2.22. The minimum atomic E-state index is -0.117. The van der Waals surface area contributed by atoms with Crippen molar-refractivity contribution in [1.29, 1.82) is 0 Å². The van der Waals surface area contributed by atoms with Gasteiger partial charge in [-0.2, -0.15) is 4.98 Å². The van der Waals surface area contributed by atoms with E-state index in [0.29, 0.717) is 18.3 Å². The molecule has 0 fully saturated rings. The van der Waals surface area contributed by atoms with Gasteiger partial charge in [0.05, 0.1) is 6.61 Å². The number of unbranched alkanes of at least 4 members (excludes halogenated alkanes) is 5. The molecule has 4 nitrogen and oxygen atoms in total. The second kappa shape index (κ2) is 8.08. The number of hydrogen-bond acceptors (Lipinski definition) is 4. The molecule has 0 aliphatic carbocycles. The van der Waals surface area contributed by atoms with Crippen molar-refractivity contribution in [3.8, 4) is 5.88 Å². The SMILES string of the molecule is CCCCCCCCOc1cc(N)nc(C(C)(C)C)n1. The molecule has 0 amide bonds. The van der Waals surface area contributed by atoms with E-state index in [1.54, 1.807) is 6.07 Å². The Kier molecular flexibility index (Phi) is 6.76. The van der Waals surface area contributed by atoms with Crippen LogP contribution in [0.4, 0.5) is 5.82 Å². The number of rotatable bonds is 8. The highest BCUT2D eigenvalue weighted by atomic mass is 16.5. The van der Waals surface area contributed by atoms with E-state index < -0.39 is 0 Å². The first-order valence-corrected chi connectivity index (χ1v) is 7.71. The van der Waals surface area contributed by atoms with E-state index >= 15 is 0 Å². The maximum atomic E-state index is 5.81. The number of nitrogens with zero attached hydrogens (tertiary/aromatic N) is 2. The number of nitrogens with two attached hydrogens (primary N) is 1. The van der Waals surface area contributed by atoms with Crippen molar-refractivity contribution in [3.05, 3.63) is 11.9 Å². The summed E-state index contributed by atoms with van der Waals surface area (Å²) in [5.74, 6) is 1.80. The zero-order chi connectivity index (χ0) is 15.0. The van der Waals surface area contributed by atoms with Crippen LogP contribution in [0.25, 0.3) is 0 Å². The largest absolute Gasteiger partial charge is 0.478 e. The van der Waals surface area contributed by atoms with Crippen LogP contribution in [0, 0.1) is 0 Å². The molecule has 0 saturated carbocycles. The molecular weight excluding hydrogens is 250 g/mol. The highest BCUT2D eigenvalue weighted by Gasteiger charge is 2.18. The van der Waals surface area contributed by atoms with Gasteiger partial charge in [0.2, 0.25) is 5.88 Å². The molecule has 0 radical (unpaired) electrons. The van der Waals surface area contributed by atoms with Crippen molar-refractivity contribution >= 4 is 5.82 Å². The third-order valence-electron chi connectivity index (χ3n) is 3.14. The van der Waals surface area contributed by atoms with E-state index in [9.17, 15) is 0 Å². The van der Waals surface area contributed by atoms with Crippen LogP contribution in [0.2, 0.25) is 0 Å². The summed E-state index contributed by atoms with van der Waals surface area (Å²) in [5, 5.41) is 0. The summed E-state index contributed by atoms with van der Waals surface area (Å²) in [5.41, 5.74) is 5.69. The molecule has 0 aliphatic rings. The van der Waals surface area contributed by atoms with Gasteiger partial charge in [0.1, 0.15) is 11.6 Å². The lowest BCUT2D eigenvalue weighted by Gasteiger charge is -2.17. The van der Waals surface area contributed by atoms with E-state index in [4.69, 9.17) is 10.5 Å². The maximum Gasteiger partial charge on any atom is 0.218 e. The van der Waals surface area contributed by atoms with Gasteiger partial charge in [0.15, 0.2) is 0 Å². The Balaban J connectivity index is 2.39. The standard InChI is InChI=1S/C16H29N3O/c1-5-6-7-8-9-10-11-20-14-12-13(17)18-15(19-14)16(2,3)4/h12H,5-11H2,1-4H3,(H2,17,18,19). The van der Waals surface area contributed by atoms with Crippen molar-refractivity contribution < 1.29 is 4.74 Å². The molecule has 1 aromatic rings. The molecule has 1 rings (SSSR count). The summed E-state index contributed by atoms with van der Waals surface area (Å²) in [6.07, 6.45) is 7.51. The molecule has 0 unspecified atom stereocenters. The van der Waals surface area contributed by atoms with Gasteiger partial charge in [-0.1, -0.05) is 59.8 Å². The summed E-state index contributed by atoms with van der Waals surface area (Å²) < 4.78 is 5.70. The third-order valence-corrected chi connectivity index (χ3v) is 3.14. The smallest absolute Gasteiger partial charge is 0.218 e. The van der Waals surface area contributed by atoms with Crippen molar-refractivity contribution in [1.82, 2.24) is 9.97 Å². The molecule has 0 saturated heterocycles. The van der Waals surface area contributed by atoms with Crippen molar-refractivity contribution in [2.45, 2.75) is 71.6 Å². The van der Waals surface area contributed by atoms with Crippen LogP contribution in [0.1, 0.15) is 72.0 Å². The zero-order valence-electron chi connectivity index (χ0n) is 13.4. The van der Waals surface area contributed by atoms with E-state index in [1.807, 2.05) is 0 Å². The van der Waals surface area contributed by atoms with E-state index in [0.717, 1.165) is 12.2 Å². The van der Waals surface area contributed by atoms with Gasteiger partial charge < -0.3 is 10.5 Å². The van der Waals surface area contributed by atoms with Gasteiger partial charge >= 0.3 is 0 Å². The fourth-order valence-electron chi connectivity index (χ4n) is 1.91. The Morgan fingerprint density at radius 2 is 1.70 bits per heavy atom. The lowest BCUT2D eigenvalue weighted by atomic mass is 9.96.